The summed E-state index contributed by atoms with van der Waals surface area (Å²) >= 11 is 0. The van der Waals surface area contributed by atoms with Gasteiger partial charge in [-0.25, -0.2) is 12.7 Å². The SMILES string of the molecule is CCc1cccc(NC(N)=NCCS(=O)(=O)N(C)C)c1.I. The van der Waals surface area contributed by atoms with Crippen LogP contribution in [0.4, 0.5) is 5.69 Å². The van der Waals surface area contributed by atoms with Gasteiger partial charge in [0.25, 0.3) is 0 Å². The number of nitrogens with zero attached hydrogens (tertiary/aromatic N) is 2. The van der Waals surface area contributed by atoms with Gasteiger partial charge in [0.15, 0.2) is 5.96 Å². The van der Waals surface area contributed by atoms with Crippen LogP contribution in [0.2, 0.25) is 0 Å². The minimum Gasteiger partial charge on any atom is -0.370 e. The molecule has 0 radical (unpaired) electrons. The standard InChI is InChI=1S/C13H22N4O2S.HI/c1-4-11-6-5-7-12(10-11)16-13(14)15-8-9-20(18,19)17(2)3;/h5-7,10H,4,8-9H2,1-3H3,(H3,14,15,16);1H. The Labute approximate surface area is 143 Å². The van der Waals surface area contributed by atoms with Crippen molar-refractivity contribution in [3.05, 3.63) is 29.8 Å². The zero-order chi connectivity index (χ0) is 15.2. The van der Waals surface area contributed by atoms with Crippen molar-refractivity contribution < 1.29 is 8.42 Å². The van der Waals surface area contributed by atoms with Crippen molar-refractivity contribution >= 4 is 45.6 Å². The Hall–Kier alpha value is -0.870. The molecule has 0 aromatic heterocycles. The highest BCUT2D eigenvalue weighted by molar-refractivity contribution is 14.0. The van der Waals surface area contributed by atoms with E-state index in [1.807, 2.05) is 24.3 Å². The summed E-state index contributed by atoms with van der Waals surface area (Å²) in [5, 5.41) is 2.95. The van der Waals surface area contributed by atoms with Gasteiger partial charge in [0.1, 0.15) is 0 Å². The molecule has 1 rings (SSSR count). The lowest BCUT2D eigenvalue weighted by Gasteiger charge is -2.10. The van der Waals surface area contributed by atoms with Crippen LogP contribution in [0.5, 0.6) is 0 Å². The molecule has 0 aliphatic rings. The molecule has 8 heteroatoms. The van der Waals surface area contributed by atoms with Crippen LogP contribution in [-0.4, -0.2) is 45.1 Å². The van der Waals surface area contributed by atoms with Crippen LogP contribution in [-0.2, 0) is 16.4 Å². The first-order valence-electron chi connectivity index (χ1n) is 6.41. The number of aryl methyl sites for hydroxylation is 1. The maximum absolute atomic E-state index is 11.5. The van der Waals surface area contributed by atoms with Gasteiger partial charge in [-0.05, 0) is 24.1 Å². The van der Waals surface area contributed by atoms with E-state index in [1.165, 1.54) is 24.0 Å². The molecule has 0 aliphatic carbocycles. The van der Waals surface area contributed by atoms with E-state index in [-0.39, 0.29) is 42.2 Å². The summed E-state index contributed by atoms with van der Waals surface area (Å²) < 4.78 is 24.3. The second kappa shape index (κ2) is 9.21. The number of benzene rings is 1. The van der Waals surface area contributed by atoms with Crippen molar-refractivity contribution in [2.45, 2.75) is 13.3 Å². The molecule has 0 spiro atoms. The lowest BCUT2D eigenvalue weighted by Crippen LogP contribution is -2.28. The van der Waals surface area contributed by atoms with Crippen LogP contribution in [0, 0.1) is 0 Å². The number of nitrogens with two attached hydrogens (primary N) is 1. The van der Waals surface area contributed by atoms with E-state index in [9.17, 15) is 8.42 Å². The Morgan fingerprint density at radius 3 is 2.62 bits per heavy atom. The molecule has 0 aliphatic heterocycles. The number of halogens is 1. The lowest BCUT2D eigenvalue weighted by atomic mass is 10.1. The molecule has 21 heavy (non-hydrogen) atoms. The lowest BCUT2D eigenvalue weighted by molar-refractivity contribution is 0.521. The number of sulfonamides is 1. The fourth-order valence-corrected chi connectivity index (χ4v) is 2.21. The molecular formula is C13H23IN4O2S. The fourth-order valence-electron chi connectivity index (χ4n) is 1.52. The maximum Gasteiger partial charge on any atom is 0.215 e. The van der Waals surface area contributed by atoms with Gasteiger partial charge >= 0.3 is 0 Å². The molecule has 6 nitrogen and oxygen atoms in total. The normalized spacial score (nSPS) is 12.1. The second-order valence-electron chi connectivity index (χ2n) is 4.54. The van der Waals surface area contributed by atoms with Gasteiger partial charge < -0.3 is 11.1 Å². The Morgan fingerprint density at radius 1 is 1.38 bits per heavy atom. The van der Waals surface area contributed by atoms with Gasteiger partial charge in [-0.15, -0.1) is 24.0 Å². The maximum atomic E-state index is 11.5. The van der Waals surface area contributed by atoms with E-state index >= 15 is 0 Å². The molecule has 120 valence electrons. The van der Waals surface area contributed by atoms with Crippen molar-refractivity contribution in [2.24, 2.45) is 10.7 Å². The molecule has 0 bridgehead atoms. The third kappa shape index (κ3) is 7.09. The van der Waals surface area contributed by atoms with Crippen molar-refractivity contribution in [1.29, 1.82) is 0 Å². The van der Waals surface area contributed by atoms with Gasteiger partial charge in [0.2, 0.25) is 10.0 Å². The Kier molecular flexibility index (Phi) is 8.83. The number of anilines is 1. The molecule has 0 fully saturated rings. The summed E-state index contributed by atoms with van der Waals surface area (Å²) in [7, 11) is -0.241. The van der Waals surface area contributed by atoms with Crippen LogP contribution in [0.25, 0.3) is 0 Å². The van der Waals surface area contributed by atoms with Crippen molar-refractivity contribution in [2.75, 3.05) is 31.7 Å². The highest BCUT2D eigenvalue weighted by atomic mass is 127. The van der Waals surface area contributed by atoms with Crippen LogP contribution >= 0.6 is 24.0 Å². The molecule has 3 N–H and O–H groups in total. The first kappa shape index (κ1) is 20.1. The largest absolute Gasteiger partial charge is 0.370 e. The van der Waals surface area contributed by atoms with Gasteiger partial charge in [-0.1, -0.05) is 19.1 Å². The zero-order valence-corrected chi connectivity index (χ0v) is 15.7. The summed E-state index contributed by atoms with van der Waals surface area (Å²) in [5.74, 6) is 0.157. The van der Waals surface area contributed by atoms with E-state index in [0.29, 0.717) is 0 Å². The first-order valence-corrected chi connectivity index (χ1v) is 8.02. The van der Waals surface area contributed by atoms with E-state index in [4.69, 9.17) is 5.73 Å². The van der Waals surface area contributed by atoms with E-state index in [2.05, 4.69) is 17.2 Å². The number of hydrogen-bond acceptors (Lipinski definition) is 3. The number of nitrogens with one attached hydrogen (secondary N) is 1. The van der Waals surface area contributed by atoms with Crippen molar-refractivity contribution in [3.63, 3.8) is 0 Å². The van der Waals surface area contributed by atoms with Crippen LogP contribution < -0.4 is 11.1 Å². The highest BCUT2D eigenvalue weighted by Crippen LogP contribution is 2.10. The first-order chi connectivity index (χ1) is 9.35. The van der Waals surface area contributed by atoms with Gasteiger partial charge in [0.05, 0.1) is 12.3 Å². The van der Waals surface area contributed by atoms with E-state index < -0.39 is 10.0 Å². The summed E-state index contributed by atoms with van der Waals surface area (Å²) in [6.45, 7) is 2.20. The minimum atomic E-state index is -3.23. The third-order valence-electron chi connectivity index (χ3n) is 2.80. The molecule has 0 unspecified atom stereocenters. The second-order valence-corrected chi connectivity index (χ2v) is 6.85. The predicted octanol–water partition coefficient (Wildman–Crippen LogP) is 1.49. The molecule has 0 heterocycles. The number of aliphatic imine (C=N–C) groups is 1. The number of hydrogen-bond donors (Lipinski definition) is 2. The molecule has 0 saturated carbocycles. The van der Waals surface area contributed by atoms with Crippen LogP contribution in [0.3, 0.4) is 0 Å². The molecule has 0 amide bonds. The monoisotopic (exact) mass is 426 g/mol. The van der Waals surface area contributed by atoms with E-state index in [1.54, 1.807) is 0 Å². The van der Waals surface area contributed by atoms with Gasteiger partial charge in [0, 0.05) is 19.8 Å². The Balaban J connectivity index is 0.00000400. The number of rotatable bonds is 6. The fraction of sp³-hybridized carbons (Fsp3) is 0.462. The average Bonchev–Trinajstić information content (AvgIpc) is 2.38. The topological polar surface area (TPSA) is 87.8 Å². The summed E-state index contributed by atoms with van der Waals surface area (Å²) in [5.41, 5.74) is 7.77. The summed E-state index contributed by atoms with van der Waals surface area (Å²) in [6.07, 6.45) is 0.938. The summed E-state index contributed by atoms with van der Waals surface area (Å²) in [4.78, 5) is 4.02. The van der Waals surface area contributed by atoms with Crippen molar-refractivity contribution in [1.82, 2.24) is 4.31 Å². The smallest absolute Gasteiger partial charge is 0.215 e. The van der Waals surface area contributed by atoms with Gasteiger partial charge in [-0.3, -0.25) is 4.99 Å². The van der Waals surface area contributed by atoms with Gasteiger partial charge in [-0.2, -0.15) is 0 Å². The average molecular weight is 426 g/mol. The van der Waals surface area contributed by atoms with Crippen molar-refractivity contribution in [3.8, 4) is 0 Å². The molecular weight excluding hydrogens is 403 g/mol. The Morgan fingerprint density at radius 2 is 2.05 bits per heavy atom. The van der Waals surface area contributed by atoms with Crippen LogP contribution in [0.15, 0.2) is 29.3 Å². The Bertz CT molecular complexity index is 573. The molecule has 1 aromatic rings. The van der Waals surface area contributed by atoms with E-state index in [0.717, 1.165) is 12.1 Å². The quantitative estimate of drug-likeness (QED) is 0.410. The molecule has 0 atom stereocenters. The van der Waals surface area contributed by atoms with Crippen LogP contribution in [0.1, 0.15) is 12.5 Å². The predicted molar refractivity (Wildman–Crippen MR) is 98.8 cm³/mol. The minimum absolute atomic E-state index is 0. The number of guanidine groups is 1. The molecule has 0 saturated heterocycles. The highest BCUT2D eigenvalue weighted by Gasteiger charge is 2.12. The summed E-state index contributed by atoms with van der Waals surface area (Å²) in [6, 6.07) is 7.84. The molecule has 1 aromatic carbocycles. The zero-order valence-electron chi connectivity index (χ0n) is 12.5. The third-order valence-corrected chi connectivity index (χ3v) is 4.61.